The van der Waals surface area contributed by atoms with Crippen LogP contribution in [-0.2, 0) is 13.1 Å². The van der Waals surface area contributed by atoms with Gasteiger partial charge in [0.1, 0.15) is 5.01 Å². The Morgan fingerprint density at radius 2 is 1.95 bits per heavy atom. The van der Waals surface area contributed by atoms with E-state index in [1.807, 2.05) is 6.08 Å². The Morgan fingerprint density at radius 1 is 1.30 bits per heavy atom. The molecule has 1 N–H and O–H groups in total. The molecule has 0 atom stereocenters. The van der Waals surface area contributed by atoms with Gasteiger partial charge >= 0.3 is 0 Å². The summed E-state index contributed by atoms with van der Waals surface area (Å²) in [4.78, 5) is 7.11. The molecule has 0 bridgehead atoms. The van der Waals surface area contributed by atoms with Crippen molar-refractivity contribution >= 4 is 11.3 Å². The zero-order valence-corrected chi connectivity index (χ0v) is 14.6. The molecule has 1 aromatic rings. The van der Waals surface area contributed by atoms with E-state index in [2.05, 4.69) is 63.7 Å². The predicted molar refractivity (Wildman–Crippen MR) is 89.1 cm³/mol. The van der Waals surface area contributed by atoms with E-state index >= 15 is 0 Å². The van der Waals surface area contributed by atoms with Gasteiger partial charge in [0, 0.05) is 36.1 Å². The van der Waals surface area contributed by atoms with Gasteiger partial charge in [0.05, 0.1) is 5.69 Å². The lowest BCUT2D eigenvalue weighted by Gasteiger charge is -2.34. The minimum atomic E-state index is 0.127. The van der Waals surface area contributed by atoms with Crippen LogP contribution in [0, 0.1) is 0 Å². The van der Waals surface area contributed by atoms with Gasteiger partial charge in [-0.15, -0.1) is 17.9 Å². The second-order valence-corrected chi connectivity index (χ2v) is 8.12. The van der Waals surface area contributed by atoms with Crippen molar-refractivity contribution in [1.29, 1.82) is 0 Å². The van der Waals surface area contributed by atoms with Crippen LogP contribution in [0.3, 0.4) is 0 Å². The molecule has 0 aromatic carbocycles. The molecule has 1 heterocycles. The molecule has 0 saturated heterocycles. The van der Waals surface area contributed by atoms with Gasteiger partial charge in [-0.2, -0.15) is 0 Å². The third-order valence-electron chi connectivity index (χ3n) is 3.02. The van der Waals surface area contributed by atoms with Crippen LogP contribution in [0.15, 0.2) is 18.0 Å². The predicted octanol–water partition coefficient (Wildman–Crippen LogP) is 3.82. The summed E-state index contributed by atoms with van der Waals surface area (Å²) < 4.78 is 0. The molecule has 0 aliphatic carbocycles. The van der Waals surface area contributed by atoms with Crippen molar-refractivity contribution in [3.8, 4) is 0 Å². The van der Waals surface area contributed by atoms with E-state index in [4.69, 9.17) is 4.98 Å². The summed E-state index contributed by atoms with van der Waals surface area (Å²) in [6.07, 6.45) is 1.96. The van der Waals surface area contributed by atoms with Crippen LogP contribution >= 0.6 is 11.3 Å². The number of hydrogen-bond acceptors (Lipinski definition) is 4. The Bertz CT molecular complexity index is 424. The highest BCUT2D eigenvalue weighted by Crippen LogP contribution is 2.19. The van der Waals surface area contributed by atoms with E-state index in [9.17, 15) is 0 Å². The highest BCUT2D eigenvalue weighted by Gasteiger charge is 2.21. The molecule has 0 fully saturated rings. The summed E-state index contributed by atoms with van der Waals surface area (Å²) in [5.74, 6) is 0. The summed E-state index contributed by atoms with van der Waals surface area (Å²) in [6.45, 7) is 19.7. The zero-order chi connectivity index (χ0) is 15.4. The third-order valence-corrected chi connectivity index (χ3v) is 3.92. The molecule has 3 nitrogen and oxygen atoms in total. The van der Waals surface area contributed by atoms with Crippen molar-refractivity contribution in [3.63, 3.8) is 0 Å². The van der Waals surface area contributed by atoms with Crippen molar-refractivity contribution in [1.82, 2.24) is 15.2 Å². The topological polar surface area (TPSA) is 28.2 Å². The number of rotatable bonds is 6. The second-order valence-electron chi connectivity index (χ2n) is 7.18. The Hall–Kier alpha value is -0.710. The zero-order valence-electron chi connectivity index (χ0n) is 13.8. The maximum absolute atomic E-state index is 4.73. The summed E-state index contributed by atoms with van der Waals surface area (Å²) >= 11 is 1.73. The average Bonchev–Trinajstić information content (AvgIpc) is 2.71. The average molecular weight is 295 g/mol. The van der Waals surface area contributed by atoms with Crippen LogP contribution in [-0.4, -0.2) is 27.5 Å². The molecule has 20 heavy (non-hydrogen) atoms. The summed E-state index contributed by atoms with van der Waals surface area (Å²) in [5, 5.41) is 6.80. The molecule has 4 heteroatoms. The standard InChI is InChI=1S/C16H29N3S/c1-8-9-19(16(5,6)7)11-13-12-20-14(18-13)10-17-15(2,3)4/h8,12,17H,1,9-11H2,2-7H3. The van der Waals surface area contributed by atoms with Crippen molar-refractivity contribution < 1.29 is 0 Å². The number of aromatic nitrogens is 1. The van der Waals surface area contributed by atoms with Crippen LogP contribution < -0.4 is 5.32 Å². The first kappa shape index (κ1) is 17.3. The van der Waals surface area contributed by atoms with E-state index in [-0.39, 0.29) is 11.1 Å². The second kappa shape index (κ2) is 6.83. The van der Waals surface area contributed by atoms with Crippen molar-refractivity contribution in [2.24, 2.45) is 0 Å². The van der Waals surface area contributed by atoms with E-state index in [0.717, 1.165) is 30.3 Å². The lowest BCUT2D eigenvalue weighted by molar-refractivity contribution is 0.144. The molecular formula is C16H29N3S. The molecule has 0 aliphatic heterocycles. The maximum Gasteiger partial charge on any atom is 0.107 e. The highest BCUT2D eigenvalue weighted by molar-refractivity contribution is 7.09. The SMILES string of the molecule is C=CCN(Cc1csc(CNC(C)(C)C)n1)C(C)(C)C. The van der Waals surface area contributed by atoms with Crippen molar-refractivity contribution in [3.05, 3.63) is 28.7 Å². The molecule has 0 saturated carbocycles. The Kier molecular flexibility index (Phi) is 5.92. The lowest BCUT2D eigenvalue weighted by atomic mass is 10.1. The van der Waals surface area contributed by atoms with Crippen LogP contribution in [0.4, 0.5) is 0 Å². The Labute approximate surface area is 128 Å². The minimum Gasteiger partial charge on any atom is -0.306 e. The first-order chi connectivity index (χ1) is 9.12. The van der Waals surface area contributed by atoms with Crippen molar-refractivity contribution in [2.75, 3.05) is 6.54 Å². The summed E-state index contributed by atoms with van der Waals surface area (Å²) in [6, 6.07) is 0. The maximum atomic E-state index is 4.73. The molecule has 0 spiro atoms. The Balaban J connectivity index is 2.64. The fourth-order valence-corrected chi connectivity index (χ4v) is 2.50. The molecule has 1 aromatic heterocycles. The third kappa shape index (κ3) is 6.16. The molecule has 1 rings (SSSR count). The van der Waals surface area contributed by atoms with Crippen LogP contribution in [0.1, 0.15) is 52.2 Å². The highest BCUT2D eigenvalue weighted by atomic mass is 32.1. The van der Waals surface area contributed by atoms with Crippen LogP contribution in [0.25, 0.3) is 0 Å². The number of nitrogens with zero attached hydrogens (tertiary/aromatic N) is 2. The van der Waals surface area contributed by atoms with Gasteiger partial charge in [-0.05, 0) is 41.5 Å². The van der Waals surface area contributed by atoms with Gasteiger partial charge in [-0.25, -0.2) is 4.98 Å². The van der Waals surface area contributed by atoms with Gasteiger partial charge in [0.2, 0.25) is 0 Å². The molecule has 0 aliphatic rings. The van der Waals surface area contributed by atoms with E-state index in [1.54, 1.807) is 11.3 Å². The normalized spacial score (nSPS) is 12.9. The van der Waals surface area contributed by atoms with Gasteiger partial charge in [0.25, 0.3) is 0 Å². The van der Waals surface area contributed by atoms with Gasteiger partial charge in [-0.1, -0.05) is 6.08 Å². The fourth-order valence-electron chi connectivity index (χ4n) is 1.77. The van der Waals surface area contributed by atoms with Gasteiger partial charge in [-0.3, -0.25) is 4.90 Å². The molecule has 0 unspecified atom stereocenters. The lowest BCUT2D eigenvalue weighted by Crippen LogP contribution is -2.40. The van der Waals surface area contributed by atoms with E-state index < -0.39 is 0 Å². The minimum absolute atomic E-state index is 0.127. The molecular weight excluding hydrogens is 266 g/mol. The largest absolute Gasteiger partial charge is 0.306 e. The number of nitrogens with one attached hydrogen (secondary N) is 1. The van der Waals surface area contributed by atoms with Crippen LogP contribution in [0.2, 0.25) is 0 Å². The molecule has 114 valence electrons. The first-order valence-corrected chi connectivity index (χ1v) is 8.04. The molecule has 0 radical (unpaired) electrons. The number of thiazole rings is 1. The fraction of sp³-hybridized carbons (Fsp3) is 0.688. The van der Waals surface area contributed by atoms with Gasteiger partial charge in [0.15, 0.2) is 0 Å². The van der Waals surface area contributed by atoms with E-state index in [1.165, 1.54) is 0 Å². The Morgan fingerprint density at radius 3 is 2.45 bits per heavy atom. The summed E-state index contributed by atoms with van der Waals surface area (Å²) in [7, 11) is 0. The smallest absolute Gasteiger partial charge is 0.107 e. The monoisotopic (exact) mass is 295 g/mol. The van der Waals surface area contributed by atoms with Crippen molar-refractivity contribution in [2.45, 2.75) is 65.7 Å². The first-order valence-electron chi connectivity index (χ1n) is 7.16. The number of hydrogen-bond donors (Lipinski definition) is 1. The quantitative estimate of drug-likeness (QED) is 0.809. The van der Waals surface area contributed by atoms with Gasteiger partial charge < -0.3 is 5.32 Å². The van der Waals surface area contributed by atoms with E-state index in [0.29, 0.717) is 0 Å². The summed E-state index contributed by atoms with van der Waals surface area (Å²) in [5.41, 5.74) is 1.41. The molecule has 0 amide bonds. The van der Waals surface area contributed by atoms with Crippen LogP contribution in [0.5, 0.6) is 0 Å².